The number of hydrogen-bond donors (Lipinski definition) is 1. The van der Waals surface area contributed by atoms with Crippen LogP contribution < -0.4 is 0 Å². The van der Waals surface area contributed by atoms with Crippen LogP contribution in [0, 0.1) is 12.3 Å². The maximum absolute atomic E-state index is 11.4. The van der Waals surface area contributed by atoms with Gasteiger partial charge in [0.25, 0.3) is 0 Å². The number of hydrogen-bond acceptors (Lipinski definition) is 2. The van der Waals surface area contributed by atoms with Crippen LogP contribution in [0.1, 0.15) is 37.3 Å². The number of likely N-dealkylation sites (tertiary alicyclic amines) is 1. The normalized spacial score (nSPS) is 19.3. The molecule has 1 saturated heterocycles. The summed E-state index contributed by atoms with van der Waals surface area (Å²) < 4.78 is 0. The van der Waals surface area contributed by atoms with Crippen molar-refractivity contribution in [3.05, 3.63) is 35.4 Å². The molecule has 0 radical (unpaired) electrons. The predicted molar refractivity (Wildman–Crippen MR) is 76.0 cm³/mol. The Morgan fingerprint density at radius 1 is 1.32 bits per heavy atom. The second kappa shape index (κ2) is 5.74. The Kier molecular flexibility index (Phi) is 4.25. The van der Waals surface area contributed by atoms with Gasteiger partial charge >= 0.3 is 5.97 Å². The number of benzene rings is 1. The van der Waals surface area contributed by atoms with Gasteiger partial charge in [0.1, 0.15) is 0 Å². The summed E-state index contributed by atoms with van der Waals surface area (Å²) >= 11 is 0. The summed E-state index contributed by atoms with van der Waals surface area (Å²) in [4.78, 5) is 13.8. The lowest BCUT2D eigenvalue weighted by atomic mass is 9.76. The smallest absolute Gasteiger partial charge is 0.309 e. The van der Waals surface area contributed by atoms with Crippen molar-refractivity contribution in [3.63, 3.8) is 0 Å². The van der Waals surface area contributed by atoms with Gasteiger partial charge in [-0.1, -0.05) is 31.2 Å². The molecule has 0 spiro atoms. The molecule has 0 amide bonds. The second-order valence-corrected chi connectivity index (χ2v) is 5.64. The number of carbonyl (C=O) groups is 1. The van der Waals surface area contributed by atoms with Gasteiger partial charge in [-0.05, 0) is 50.4 Å². The van der Waals surface area contributed by atoms with E-state index in [2.05, 4.69) is 36.1 Å². The third-order valence-electron chi connectivity index (χ3n) is 4.60. The van der Waals surface area contributed by atoms with Gasteiger partial charge in [0.2, 0.25) is 0 Å². The number of piperidine rings is 1. The highest BCUT2D eigenvalue weighted by molar-refractivity contribution is 5.74. The third-order valence-corrected chi connectivity index (χ3v) is 4.60. The molecule has 0 aromatic heterocycles. The minimum Gasteiger partial charge on any atom is -0.481 e. The van der Waals surface area contributed by atoms with E-state index in [4.69, 9.17) is 0 Å². The van der Waals surface area contributed by atoms with Gasteiger partial charge in [0, 0.05) is 6.54 Å². The molecule has 2 rings (SSSR count). The SMILES string of the molecule is CCC1(C(=O)O)CCN(Cc2ccccc2C)CC1. The van der Waals surface area contributed by atoms with Crippen molar-refractivity contribution < 1.29 is 9.90 Å². The van der Waals surface area contributed by atoms with Gasteiger partial charge in [-0.2, -0.15) is 0 Å². The molecule has 1 aliphatic heterocycles. The first-order valence-electron chi connectivity index (χ1n) is 7.08. The summed E-state index contributed by atoms with van der Waals surface area (Å²) in [5.74, 6) is -0.620. The molecule has 0 bridgehead atoms. The third kappa shape index (κ3) is 2.98. The van der Waals surface area contributed by atoms with E-state index >= 15 is 0 Å². The highest BCUT2D eigenvalue weighted by Gasteiger charge is 2.39. The largest absolute Gasteiger partial charge is 0.481 e. The first-order chi connectivity index (χ1) is 9.07. The molecular weight excluding hydrogens is 238 g/mol. The molecule has 0 saturated carbocycles. The lowest BCUT2D eigenvalue weighted by Gasteiger charge is -2.38. The fourth-order valence-corrected chi connectivity index (χ4v) is 2.89. The number of carboxylic acid groups (broad SMARTS) is 1. The Morgan fingerprint density at radius 2 is 1.95 bits per heavy atom. The van der Waals surface area contributed by atoms with Crippen LogP contribution in [-0.4, -0.2) is 29.1 Å². The monoisotopic (exact) mass is 261 g/mol. The summed E-state index contributed by atoms with van der Waals surface area (Å²) in [6, 6.07) is 8.42. The van der Waals surface area contributed by atoms with Gasteiger partial charge in [0.15, 0.2) is 0 Å². The molecule has 0 atom stereocenters. The van der Waals surface area contributed by atoms with Crippen molar-refractivity contribution in [2.75, 3.05) is 13.1 Å². The van der Waals surface area contributed by atoms with E-state index in [1.54, 1.807) is 0 Å². The minimum absolute atomic E-state index is 0.484. The number of nitrogens with zero attached hydrogens (tertiary/aromatic N) is 1. The lowest BCUT2D eigenvalue weighted by molar-refractivity contribution is -0.152. The summed E-state index contributed by atoms with van der Waals surface area (Å²) in [6.45, 7) is 6.83. The molecule has 1 aromatic rings. The van der Waals surface area contributed by atoms with E-state index in [9.17, 15) is 9.90 Å². The predicted octanol–water partition coefficient (Wildman–Crippen LogP) is 3.07. The minimum atomic E-state index is -0.620. The molecule has 1 aromatic carbocycles. The quantitative estimate of drug-likeness (QED) is 0.905. The first kappa shape index (κ1) is 14.1. The van der Waals surface area contributed by atoms with Crippen LogP contribution in [0.2, 0.25) is 0 Å². The highest BCUT2D eigenvalue weighted by Crippen LogP contribution is 2.35. The van der Waals surface area contributed by atoms with Crippen molar-refractivity contribution in [2.45, 2.75) is 39.7 Å². The molecule has 1 aliphatic rings. The molecule has 1 heterocycles. The standard InChI is InChI=1S/C16H23NO2/c1-3-16(15(18)19)8-10-17(11-9-16)12-14-7-5-4-6-13(14)2/h4-7H,3,8-12H2,1-2H3,(H,18,19). The Bertz CT molecular complexity index is 448. The van der Waals surface area contributed by atoms with Crippen LogP contribution in [0.5, 0.6) is 0 Å². The van der Waals surface area contributed by atoms with E-state index in [1.165, 1.54) is 11.1 Å². The molecule has 1 N–H and O–H groups in total. The second-order valence-electron chi connectivity index (χ2n) is 5.64. The summed E-state index contributed by atoms with van der Waals surface area (Å²) in [6.07, 6.45) is 2.27. The van der Waals surface area contributed by atoms with Crippen LogP contribution >= 0.6 is 0 Å². The van der Waals surface area contributed by atoms with Crippen molar-refractivity contribution in [2.24, 2.45) is 5.41 Å². The van der Waals surface area contributed by atoms with Crippen molar-refractivity contribution in [3.8, 4) is 0 Å². The van der Waals surface area contributed by atoms with Gasteiger partial charge in [-0.15, -0.1) is 0 Å². The zero-order valence-corrected chi connectivity index (χ0v) is 11.9. The number of aryl methyl sites for hydroxylation is 1. The highest BCUT2D eigenvalue weighted by atomic mass is 16.4. The Balaban J connectivity index is 1.97. The zero-order chi connectivity index (χ0) is 13.9. The summed E-state index contributed by atoms with van der Waals surface area (Å²) in [5, 5.41) is 9.39. The fourth-order valence-electron chi connectivity index (χ4n) is 2.89. The summed E-state index contributed by atoms with van der Waals surface area (Å²) in [7, 11) is 0. The van der Waals surface area contributed by atoms with Crippen molar-refractivity contribution in [1.82, 2.24) is 4.90 Å². The van der Waals surface area contributed by atoms with Crippen LogP contribution in [-0.2, 0) is 11.3 Å². The van der Waals surface area contributed by atoms with Crippen molar-refractivity contribution in [1.29, 1.82) is 0 Å². The van der Waals surface area contributed by atoms with Crippen LogP contribution in [0.15, 0.2) is 24.3 Å². The number of carboxylic acids is 1. The molecule has 3 nitrogen and oxygen atoms in total. The summed E-state index contributed by atoms with van der Waals surface area (Å²) in [5.41, 5.74) is 2.18. The van der Waals surface area contributed by atoms with Crippen LogP contribution in [0.3, 0.4) is 0 Å². The molecule has 19 heavy (non-hydrogen) atoms. The first-order valence-corrected chi connectivity index (χ1v) is 7.08. The topological polar surface area (TPSA) is 40.5 Å². The molecule has 0 unspecified atom stereocenters. The van der Waals surface area contributed by atoms with Gasteiger partial charge in [0.05, 0.1) is 5.41 Å². The Hall–Kier alpha value is -1.35. The van der Waals surface area contributed by atoms with E-state index in [-0.39, 0.29) is 0 Å². The van der Waals surface area contributed by atoms with Crippen molar-refractivity contribution >= 4 is 5.97 Å². The van der Waals surface area contributed by atoms with Crippen LogP contribution in [0.25, 0.3) is 0 Å². The average Bonchev–Trinajstić information content (AvgIpc) is 2.42. The Morgan fingerprint density at radius 3 is 2.47 bits per heavy atom. The Labute approximate surface area is 115 Å². The fraction of sp³-hybridized carbons (Fsp3) is 0.562. The lowest BCUT2D eigenvalue weighted by Crippen LogP contribution is -2.43. The van der Waals surface area contributed by atoms with E-state index in [0.717, 1.165) is 38.9 Å². The average molecular weight is 261 g/mol. The van der Waals surface area contributed by atoms with E-state index < -0.39 is 11.4 Å². The molecule has 1 fully saturated rings. The zero-order valence-electron chi connectivity index (χ0n) is 11.9. The number of rotatable bonds is 4. The van der Waals surface area contributed by atoms with E-state index in [1.807, 2.05) is 6.92 Å². The molecule has 0 aliphatic carbocycles. The van der Waals surface area contributed by atoms with Crippen LogP contribution in [0.4, 0.5) is 0 Å². The molecule has 3 heteroatoms. The molecular formula is C16H23NO2. The van der Waals surface area contributed by atoms with E-state index in [0.29, 0.717) is 0 Å². The molecule has 104 valence electrons. The maximum atomic E-state index is 11.4. The van der Waals surface area contributed by atoms with Gasteiger partial charge in [-0.3, -0.25) is 9.69 Å². The van der Waals surface area contributed by atoms with Gasteiger partial charge in [-0.25, -0.2) is 0 Å². The van der Waals surface area contributed by atoms with Gasteiger partial charge < -0.3 is 5.11 Å². The number of aliphatic carboxylic acids is 1. The maximum Gasteiger partial charge on any atom is 0.309 e.